The van der Waals surface area contributed by atoms with Gasteiger partial charge in [-0.25, -0.2) is 19.6 Å². The lowest BCUT2D eigenvalue weighted by Gasteiger charge is -2.40. The second-order valence-corrected chi connectivity index (χ2v) is 9.83. The van der Waals surface area contributed by atoms with E-state index in [1.54, 1.807) is 13.0 Å². The Morgan fingerprint density at radius 3 is 2.50 bits per heavy atom. The molecule has 32 heavy (non-hydrogen) atoms. The highest BCUT2D eigenvalue weighted by Crippen LogP contribution is 2.46. The number of aromatic nitrogens is 2. The zero-order valence-corrected chi connectivity index (χ0v) is 19.0. The van der Waals surface area contributed by atoms with Crippen LogP contribution < -0.4 is 0 Å². The van der Waals surface area contributed by atoms with E-state index >= 15 is 0 Å². The fourth-order valence-corrected chi connectivity index (χ4v) is 5.35. The molecule has 7 nitrogen and oxygen atoms in total. The van der Waals surface area contributed by atoms with E-state index in [1.807, 2.05) is 6.20 Å². The molecule has 1 saturated heterocycles. The van der Waals surface area contributed by atoms with Crippen molar-refractivity contribution in [2.45, 2.75) is 65.3 Å². The predicted octanol–water partition coefficient (Wildman–Crippen LogP) is 4.08. The number of carboxylic acids is 2. The molecule has 1 aromatic carbocycles. The number of likely N-dealkylation sites (tertiary alicyclic amines) is 1. The van der Waals surface area contributed by atoms with Crippen LogP contribution in [0.2, 0.25) is 0 Å². The van der Waals surface area contributed by atoms with E-state index in [0.29, 0.717) is 17.5 Å². The summed E-state index contributed by atoms with van der Waals surface area (Å²) in [5, 5.41) is 19.4. The molecule has 0 spiro atoms. The molecule has 2 N–H and O–H groups in total. The quantitative estimate of drug-likeness (QED) is 0.726. The van der Waals surface area contributed by atoms with Crippen LogP contribution in [0.5, 0.6) is 0 Å². The molecule has 0 saturated carbocycles. The van der Waals surface area contributed by atoms with E-state index in [9.17, 15) is 19.8 Å². The van der Waals surface area contributed by atoms with Gasteiger partial charge >= 0.3 is 11.9 Å². The van der Waals surface area contributed by atoms with E-state index < -0.39 is 11.9 Å². The second-order valence-electron chi connectivity index (χ2n) is 9.83. The molecule has 7 heteroatoms. The highest BCUT2D eigenvalue weighted by atomic mass is 16.4. The van der Waals surface area contributed by atoms with Gasteiger partial charge in [0.2, 0.25) is 0 Å². The first-order valence-corrected chi connectivity index (χ1v) is 11.3. The fourth-order valence-electron chi connectivity index (χ4n) is 5.35. The fraction of sp³-hybridized carbons (Fsp3) is 0.520. The summed E-state index contributed by atoms with van der Waals surface area (Å²) in [7, 11) is 0. The third-order valence-electron chi connectivity index (χ3n) is 7.12. The molecule has 1 atom stereocenters. The number of nitrogens with zero attached hydrogens (tertiary/aromatic N) is 3. The van der Waals surface area contributed by atoms with Gasteiger partial charge in [0.05, 0.1) is 17.7 Å². The Morgan fingerprint density at radius 1 is 1.12 bits per heavy atom. The first-order chi connectivity index (χ1) is 15.2. The molecule has 0 bridgehead atoms. The summed E-state index contributed by atoms with van der Waals surface area (Å²) in [6.45, 7) is 8.75. The number of aromatic carboxylic acids is 2. The van der Waals surface area contributed by atoms with Gasteiger partial charge in [-0.1, -0.05) is 26.3 Å². The topological polar surface area (TPSA) is 104 Å². The van der Waals surface area contributed by atoms with E-state index in [-0.39, 0.29) is 22.5 Å². The van der Waals surface area contributed by atoms with E-state index in [0.717, 1.165) is 43.1 Å². The van der Waals surface area contributed by atoms with Crippen molar-refractivity contribution < 1.29 is 19.8 Å². The summed E-state index contributed by atoms with van der Waals surface area (Å²) in [6, 6.07) is 3.22. The Balaban J connectivity index is 1.70. The van der Waals surface area contributed by atoms with Crippen molar-refractivity contribution in [3.05, 3.63) is 57.7 Å². The van der Waals surface area contributed by atoms with Crippen LogP contribution in [0.1, 0.15) is 88.0 Å². The lowest BCUT2D eigenvalue weighted by atomic mass is 9.64. The summed E-state index contributed by atoms with van der Waals surface area (Å²) in [5.74, 6) is -1.46. The standard InChI is InChI=1S/C25H31N3O4/c1-15-17(23(29)30)7-8-18(22(15)24(31)32)19-11-20-16(12-25(19,2)3)13-26-21(27-20)14-28-9-5-4-6-10-28/h7-8,13,19H,4-6,9-12,14H2,1-3H3,(H,29,30)(H,31,32). The van der Waals surface area contributed by atoms with Crippen molar-refractivity contribution in [1.82, 2.24) is 14.9 Å². The van der Waals surface area contributed by atoms with Gasteiger partial charge in [0.1, 0.15) is 5.82 Å². The highest BCUT2D eigenvalue weighted by molar-refractivity contribution is 5.97. The minimum atomic E-state index is -1.11. The highest BCUT2D eigenvalue weighted by Gasteiger charge is 2.39. The van der Waals surface area contributed by atoms with Crippen molar-refractivity contribution in [3.8, 4) is 0 Å². The molecule has 1 aliphatic heterocycles. The lowest BCUT2D eigenvalue weighted by molar-refractivity contribution is 0.0692. The van der Waals surface area contributed by atoms with E-state index in [4.69, 9.17) is 4.98 Å². The van der Waals surface area contributed by atoms with Crippen LogP contribution in [0.15, 0.2) is 18.3 Å². The number of hydrogen-bond acceptors (Lipinski definition) is 5. The summed E-state index contributed by atoms with van der Waals surface area (Å²) in [6.07, 6.45) is 7.01. The second kappa shape index (κ2) is 8.62. The average Bonchev–Trinajstić information content (AvgIpc) is 2.73. The predicted molar refractivity (Wildman–Crippen MR) is 120 cm³/mol. The SMILES string of the molecule is Cc1c(C(=O)O)ccc(C2Cc3nc(CN4CCCCC4)ncc3CC2(C)C)c1C(=O)O. The van der Waals surface area contributed by atoms with Crippen LogP contribution in [0.3, 0.4) is 0 Å². The van der Waals surface area contributed by atoms with Gasteiger partial charge in [-0.15, -0.1) is 0 Å². The maximum Gasteiger partial charge on any atom is 0.336 e. The number of carboxylic acid groups (broad SMARTS) is 2. The third kappa shape index (κ3) is 4.26. The Kier molecular flexibility index (Phi) is 6.03. The molecule has 0 amide bonds. The molecule has 0 radical (unpaired) electrons. The number of carbonyl (C=O) groups is 2. The van der Waals surface area contributed by atoms with Crippen LogP contribution in [-0.4, -0.2) is 50.1 Å². The van der Waals surface area contributed by atoms with Gasteiger partial charge in [-0.2, -0.15) is 0 Å². The average molecular weight is 438 g/mol. The van der Waals surface area contributed by atoms with Gasteiger partial charge in [0.15, 0.2) is 0 Å². The molecule has 4 rings (SSSR count). The van der Waals surface area contributed by atoms with Crippen molar-refractivity contribution in [2.75, 3.05) is 13.1 Å². The molecule has 1 unspecified atom stereocenters. The third-order valence-corrected chi connectivity index (χ3v) is 7.12. The van der Waals surface area contributed by atoms with E-state index in [2.05, 4.69) is 23.7 Å². The van der Waals surface area contributed by atoms with Gasteiger partial charge in [0, 0.05) is 11.9 Å². The van der Waals surface area contributed by atoms with Crippen LogP contribution in [-0.2, 0) is 19.4 Å². The largest absolute Gasteiger partial charge is 0.478 e. The Morgan fingerprint density at radius 2 is 1.84 bits per heavy atom. The monoisotopic (exact) mass is 437 g/mol. The molecule has 2 heterocycles. The first kappa shape index (κ1) is 22.4. The van der Waals surface area contributed by atoms with Gasteiger partial charge < -0.3 is 10.2 Å². The van der Waals surface area contributed by atoms with Crippen LogP contribution in [0.25, 0.3) is 0 Å². The van der Waals surface area contributed by atoms with Crippen LogP contribution in [0, 0.1) is 12.3 Å². The number of benzene rings is 1. The zero-order valence-electron chi connectivity index (χ0n) is 19.0. The zero-order chi connectivity index (χ0) is 23.0. The lowest BCUT2D eigenvalue weighted by Crippen LogP contribution is -2.34. The van der Waals surface area contributed by atoms with Crippen molar-refractivity contribution >= 4 is 11.9 Å². The molecule has 1 aliphatic carbocycles. The van der Waals surface area contributed by atoms with Crippen molar-refractivity contribution in [3.63, 3.8) is 0 Å². The van der Waals surface area contributed by atoms with Crippen LogP contribution in [0.4, 0.5) is 0 Å². The molecule has 1 fully saturated rings. The van der Waals surface area contributed by atoms with Gasteiger partial charge in [-0.3, -0.25) is 4.90 Å². The Hall–Kier alpha value is -2.80. The minimum Gasteiger partial charge on any atom is -0.478 e. The van der Waals surface area contributed by atoms with Gasteiger partial charge in [0.25, 0.3) is 0 Å². The van der Waals surface area contributed by atoms with Crippen molar-refractivity contribution in [2.24, 2.45) is 5.41 Å². The Bertz CT molecular complexity index is 1060. The molecular weight excluding hydrogens is 406 g/mol. The maximum absolute atomic E-state index is 12.2. The molecule has 2 aromatic rings. The summed E-state index contributed by atoms with van der Waals surface area (Å²) in [5.41, 5.74) is 3.01. The molecule has 1 aromatic heterocycles. The first-order valence-electron chi connectivity index (χ1n) is 11.3. The normalized spacial score (nSPS) is 20.5. The van der Waals surface area contributed by atoms with Crippen molar-refractivity contribution in [1.29, 1.82) is 0 Å². The summed E-state index contributed by atoms with van der Waals surface area (Å²) >= 11 is 0. The van der Waals surface area contributed by atoms with Crippen LogP contribution >= 0.6 is 0 Å². The summed E-state index contributed by atoms with van der Waals surface area (Å²) in [4.78, 5) is 35.7. The Labute approximate surface area is 188 Å². The number of hydrogen-bond donors (Lipinski definition) is 2. The smallest absolute Gasteiger partial charge is 0.336 e. The molecule has 2 aliphatic rings. The number of rotatable bonds is 5. The molecular formula is C25H31N3O4. The van der Waals surface area contributed by atoms with Gasteiger partial charge in [-0.05, 0) is 79.8 Å². The molecule has 170 valence electrons. The minimum absolute atomic E-state index is 0.0336. The number of piperidine rings is 1. The van der Waals surface area contributed by atoms with E-state index in [1.165, 1.54) is 25.3 Å². The maximum atomic E-state index is 12.2. The summed E-state index contributed by atoms with van der Waals surface area (Å²) < 4.78 is 0. The number of fused-ring (bicyclic) bond motifs is 1.